The Morgan fingerprint density at radius 3 is 2.24 bits per heavy atom. The molecule has 0 saturated heterocycles. The molecule has 0 radical (unpaired) electrons. The molecule has 0 aliphatic carbocycles. The molecule has 0 aromatic heterocycles. The number of carbonyl (C=O) groups is 1. The number of hydrogen-bond acceptors (Lipinski definition) is 3. The molecular weight excluding hydrogens is 309 g/mol. The molecule has 0 fully saturated rings. The number of rotatable bonds is 4. The molecule has 0 aliphatic rings. The van der Waals surface area contributed by atoms with Crippen LogP contribution in [0, 0.1) is 0 Å². The zero-order valence-electron chi connectivity index (χ0n) is 11.7. The molecule has 0 heterocycles. The van der Waals surface area contributed by atoms with Gasteiger partial charge in [0.05, 0.1) is 21.8 Å². The Morgan fingerprint density at radius 1 is 1.05 bits per heavy atom. The number of benzene rings is 2. The second kappa shape index (κ2) is 6.37. The second-order valence-corrected chi connectivity index (χ2v) is 5.69. The smallest absolute Gasteiger partial charge is 0.193 e. The minimum absolute atomic E-state index is 0.0175. The first-order chi connectivity index (χ1) is 9.88. The van der Waals surface area contributed by atoms with E-state index >= 15 is 0 Å². The van der Waals surface area contributed by atoms with Gasteiger partial charge in [-0.25, -0.2) is 0 Å². The maximum Gasteiger partial charge on any atom is 0.193 e. The molecule has 2 aromatic rings. The average molecular weight is 324 g/mol. The largest absolute Gasteiger partial charge is 0.489 e. The lowest BCUT2D eigenvalue weighted by atomic mass is 10.0. The molecule has 110 valence electrons. The zero-order chi connectivity index (χ0) is 15.6. The van der Waals surface area contributed by atoms with Gasteiger partial charge < -0.3 is 10.5 Å². The molecule has 5 heteroatoms. The lowest BCUT2D eigenvalue weighted by Gasteiger charge is -2.13. The highest BCUT2D eigenvalue weighted by Gasteiger charge is 2.13. The molecule has 0 spiro atoms. The fourth-order valence-electron chi connectivity index (χ4n) is 1.85. The number of nitrogens with two attached hydrogens (primary N) is 1. The number of anilines is 1. The van der Waals surface area contributed by atoms with E-state index in [9.17, 15) is 4.79 Å². The lowest BCUT2D eigenvalue weighted by Crippen LogP contribution is -2.08. The van der Waals surface area contributed by atoms with Gasteiger partial charge in [0.25, 0.3) is 0 Å². The van der Waals surface area contributed by atoms with Crippen LogP contribution in [0.1, 0.15) is 29.8 Å². The minimum atomic E-state index is -0.170. The van der Waals surface area contributed by atoms with Crippen molar-refractivity contribution >= 4 is 34.7 Å². The molecule has 0 atom stereocenters. The van der Waals surface area contributed by atoms with Gasteiger partial charge in [0.15, 0.2) is 5.78 Å². The Kier molecular flexibility index (Phi) is 4.76. The van der Waals surface area contributed by atoms with Gasteiger partial charge in [-0.05, 0) is 50.2 Å². The van der Waals surface area contributed by atoms with Gasteiger partial charge >= 0.3 is 0 Å². The molecule has 2 rings (SSSR count). The summed E-state index contributed by atoms with van der Waals surface area (Å²) in [6, 6.07) is 9.74. The van der Waals surface area contributed by atoms with E-state index in [1.54, 1.807) is 36.4 Å². The summed E-state index contributed by atoms with van der Waals surface area (Å²) < 4.78 is 5.55. The molecule has 21 heavy (non-hydrogen) atoms. The first-order valence-corrected chi connectivity index (χ1v) is 7.20. The summed E-state index contributed by atoms with van der Waals surface area (Å²) in [7, 11) is 0. The third-order valence-corrected chi connectivity index (χ3v) is 3.56. The summed E-state index contributed by atoms with van der Waals surface area (Å²) in [6.07, 6.45) is 0.0175. The van der Waals surface area contributed by atoms with Crippen LogP contribution in [0.4, 0.5) is 5.69 Å². The Morgan fingerprint density at radius 2 is 1.67 bits per heavy atom. The van der Waals surface area contributed by atoms with Crippen LogP contribution in [0.25, 0.3) is 0 Å². The minimum Gasteiger partial charge on any atom is -0.489 e. The highest BCUT2D eigenvalue weighted by Crippen LogP contribution is 2.27. The predicted octanol–water partition coefficient (Wildman–Crippen LogP) is 4.59. The second-order valence-electron chi connectivity index (χ2n) is 4.88. The van der Waals surface area contributed by atoms with Crippen LogP contribution >= 0.6 is 23.2 Å². The van der Waals surface area contributed by atoms with Crippen molar-refractivity contribution in [2.75, 3.05) is 5.73 Å². The zero-order valence-corrected chi connectivity index (χ0v) is 13.2. The Hall–Kier alpha value is -1.71. The topological polar surface area (TPSA) is 52.3 Å². The summed E-state index contributed by atoms with van der Waals surface area (Å²) >= 11 is 11.8. The highest BCUT2D eigenvalue weighted by molar-refractivity contribution is 6.42. The number of ether oxygens (including phenoxy) is 1. The van der Waals surface area contributed by atoms with Crippen LogP contribution in [0.15, 0.2) is 36.4 Å². The van der Waals surface area contributed by atoms with Crippen molar-refractivity contribution in [1.29, 1.82) is 0 Å². The Balaban J connectivity index is 2.31. The van der Waals surface area contributed by atoms with Gasteiger partial charge in [0.2, 0.25) is 0 Å². The van der Waals surface area contributed by atoms with E-state index in [4.69, 9.17) is 33.7 Å². The van der Waals surface area contributed by atoms with Crippen molar-refractivity contribution in [1.82, 2.24) is 0 Å². The average Bonchev–Trinajstić information content (AvgIpc) is 2.43. The van der Waals surface area contributed by atoms with E-state index in [0.29, 0.717) is 32.6 Å². The Labute approximate surface area is 133 Å². The summed E-state index contributed by atoms with van der Waals surface area (Å²) in [5.41, 5.74) is 7.27. The van der Waals surface area contributed by atoms with Crippen LogP contribution in [-0.2, 0) is 0 Å². The van der Waals surface area contributed by atoms with Crippen LogP contribution in [-0.4, -0.2) is 11.9 Å². The predicted molar refractivity (Wildman–Crippen MR) is 86.5 cm³/mol. The fraction of sp³-hybridized carbons (Fsp3) is 0.188. The van der Waals surface area contributed by atoms with Crippen molar-refractivity contribution in [2.24, 2.45) is 0 Å². The third kappa shape index (κ3) is 3.69. The van der Waals surface area contributed by atoms with Crippen molar-refractivity contribution < 1.29 is 9.53 Å². The van der Waals surface area contributed by atoms with Gasteiger partial charge in [0, 0.05) is 11.1 Å². The summed E-state index contributed by atoms with van der Waals surface area (Å²) in [5, 5.41) is 0.753. The highest BCUT2D eigenvalue weighted by atomic mass is 35.5. The van der Waals surface area contributed by atoms with E-state index in [1.807, 2.05) is 13.8 Å². The molecule has 0 saturated carbocycles. The van der Waals surface area contributed by atoms with Crippen molar-refractivity contribution in [3.63, 3.8) is 0 Å². The van der Waals surface area contributed by atoms with E-state index in [0.717, 1.165) is 0 Å². The Bertz CT molecular complexity index is 684. The maximum atomic E-state index is 12.4. The van der Waals surface area contributed by atoms with Gasteiger partial charge in [-0.1, -0.05) is 23.2 Å². The standard InChI is InChI=1S/C16H15Cl2NO2/c1-9(2)21-15-6-4-11(8-14(15)19)16(20)10-3-5-12(17)13(18)7-10/h3-9H,19H2,1-2H3. The molecular formula is C16H15Cl2NO2. The molecule has 3 nitrogen and oxygen atoms in total. The van der Waals surface area contributed by atoms with E-state index in [-0.39, 0.29) is 11.9 Å². The van der Waals surface area contributed by atoms with Crippen LogP contribution < -0.4 is 10.5 Å². The van der Waals surface area contributed by atoms with E-state index in [2.05, 4.69) is 0 Å². The maximum absolute atomic E-state index is 12.4. The first kappa shape index (κ1) is 15.7. The van der Waals surface area contributed by atoms with Crippen molar-refractivity contribution in [3.05, 3.63) is 57.6 Å². The number of carbonyl (C=O) groups excluding carboxylic acids is 1. The van der Waals surface area contributed by atoms with Gasteiger partial charge in [0.1, 0.15) is 5.75 Å². The molecule has 2 aromatic carbocycles. The molecule has 0 bridgehead atoms. The number of hydrogen-bond donors (Lipinski definition) is 1. The number of nitrogen functional groups attached to an aromatic ring is 1. The number of ketones is 1. The van der Waals surface area contributed by atoms with E-state index < -0.39 is 0 Å². The van der Waals surface area contributed by atoms with Crippen molar-refractivity contribution in [2.45, 2.75) is 20.0 Å². The van der Waals surface area contributed by atoms with Crippen LogP contribution in [0.2, 0.25) is 10.0 Å². The monoisotopic (exact) mass is 323 g/mol. The normalized spacial score (nSPS) is 10.7. The summed E-state index contributed by atoms with van der Waals surface area (Å²) in [5.74, 6) is 0.395. The van der Waals surface area contributed by atoms with Crippen LogP contribution in [0.3, 0.4) is 0 Å². The molecule has 0 amide bonds. The quantitative estimate of drug-likeness (QED) is 0.661. The van der Waals surface area contributed by atoms with Gasteiger partial charge in [-0.3, -0.25) is 4.79 Å². The van der Waals surface area contributed by atoms with E-state index in [1.165, 1.54) is 0 Å². The third-order valence-electron chi connectivity index (χ3n) is 2.82. The summed E-state index contributed by atoms with van der Waals surface area (Å²) in [4.78, 5) is 12.4. The van der Waals surface area contributed by atoms with Gasteiger partial charge in [-0.15, -0.1) is 0 Å². The molecule has 0 unspecified atom stereocenters. The first-order valence-electron chi connectivity index (χ1n) is 6.44. The lowest BCUT2D eigenvalue weighted by molar-refractivity contribution is 0.103. The van der Waals surface area contributed by atoms with Crippen molar-refractivity contribution in [3.8, 4) is 5.75 Å². The fourth-order valence-corrected chi connectivity index (χ4v) is 2.15. The summed E-state index contributed by atoms with van der Waals surface area (Å²) in [6.45, 7) is 3.82. The number of halogens is 2. The van der Waals surface area contributed by atoms with Gasteiger partial charge in [-0.2, -0.15) is 0 Å². The SMILES string of the molecule is CC(C)Oc1ccc(C(=O)c2ccc(Cl)c(Cl)c2)cc1N. The molecule has 0 aliphatic heterocycles. The van der Waals surface area contributed by atoms with Crippen LogP contribution in [0.5, 0.6) is 5.75 Å². The molecule has 2 N–H and O–H groups in total.